The zero-order valence-corrected chi connectivity index (χ0v) is 11.3. The molecule has 1 rings (SSSR count). The Kier molecular flexibility index (Phi) is 4.91. The van der Waals surface area contributed by atoms with Gasteiger partial charge in [-0.25, -0.2) is 0 Å². The number of benzene rings is 1. The normalized spacial score (nSPS) is 12.9. The van der Waals surface area contributed by atoms with E-state index >= 15 is 0 Å². The van der Waals surface area contributed by atoms with Crippen molar-refractivity contribution in [3.63, 3.8) is 0 Å². The summed E-state index contributed by atoms with van der Waals surface area (Å²) in [6.07, 6.45) is 0.621. The standard InChI is InChI=1S/C9H11I2NO/c10-7-3-6(4-8(11)5-7)9(12)1-2-13/h3-5,9,13H,1-2,12H2/t9-/m1/s1. The van der Waals surface area contributed by atoms with Crippen molar-refractivity contribution < 1.29 is 5.11 Å². The average Bonchev–Trinajstić information content (AvgIpc) is 2.03. The minimum absolute atomic E-state index is 0.0479. The number of aliphatic hydroxyl groups excluding tert-OH is 1. The molecule has 3 N–H and O–H groups in total. The number of hydrogen-bond donors (Lipinski definition) is 2. The van der Waals surface area contributed by atoms with Crippen LogP contribution in [0.15, 0.2) is 18.2 Å². The van der Waals surface area contributed by atoms with E-state index < -0.39 is 0 Å². The van der Waals surface area contributed by atoms with Crippen LogP contribution in [0, 0.1) is 7.14 Å². The van der Waals surface area contributed by atoms with Gasteiger partial charge >= 0.3 is 0 Å². The van der Waals surface area contributed by atoms with E-state index in [1.807, 2.05) is 0 Å². The van der Waals surface area contributed by atoms with E-state index in [4.69, 9.17) is 10.8 Å². The molecule has 0 aliphatic rings. The molecule has 0 amide bonds. The molecule has 2 nitrogen and oxygen atoms in total. The second kappa shape index (κ2) is 5.47. The quantitative estimate of drug-likeness (QED) is 0.762. The van der Waals surface area contributed by atoms with Gasteiger partial charge in [-0.15, -0.1) is 0 Å². The number of rotatable bonds is 3. The molecule has 1 aromatic rings. The molecule has 0 radical (unpaired) electrons. The Morgan fingerprint density at radius 3 is 2.23 bits per heavy atom. The Labute approximate surface area is 105 Å². The second-order valence-corrected chi connectivity index (χ2v) is 5.31. The van der Waals surface area contributed by atoms with E-state index in [0.717, 1.165) is 5.56 Å². The first-order valence-electron chi connectivity index (χ1n) is 3.96. The second-order valence-electron chi connectivity index (χ2n) is 2.82. The van der Waals surface area contributed by atoms with Crippen LogP contribution in [0.2, 0.25) is 0 Å². The van der Waals surface area contributed by atoms with Crippen molar-refractivity contribution in [2.45, 2.75) is 12.5 Å². The molecule has 0 fully saturated rings. The van der Waals surface area contributed by atoms with Gasteiger partial charge < -0.3 is 10.8 Å². The lowest BCUT2D eigenvalue weighted by atomic mass is 10.1. The van der Waals surface area contributed by atoms with Crippen LogP contribution >= 0.6 is 45.2 Å². The largest absolute Gasteiger partial charge is 0.396 e. The molecule has 1 atom stereocenters. The van der Waals surface area contributed by atoms with Crippen molar-refractivity contribution in [1.82, 2.24) is 0 Å². The first kappa shape index (κ1) is 11.7. The Morgan fingerprint density at radius 1 is 1.23 bits per heavy atom. The fourth-order valence-electron chi connectivity index (χ4n) is 1.09. The van der Waals surface area contributed by atoms with Gasteiger partial charge in [-0.1, -0.05) is 0 Å². The zero-order chi connectivity index (χ0) is 9.84. The first-order valence-corrected chi connectivity index (χ1v) is 6.11. The third-order valence-electron chi connectivity index (χ3n) is 1.75. The summed E-state index contributed by atoms with van der Waals surface area (Å²) in [6, 6.07) is 6.16. The molecule has 0 saturated carbocycles. The van der Waals surface area contributed by atoms with Gasteiger partial charge in [0.1, 0.15) is 0 Å². The molecular weight excluding hydrogens is 392 g/mol. The van der Waals surface area contributed by atoms with Crippen molar-refractivity contribution in [1.29, 1.82) is 0 Å². The van der Waals surface area contributed by atoms with E-state index in [-0.39, 0.29) is 12.6 Å². The number of hydrogen-bond acceptors (Lipinski definition) is 2. The maximum Gasteiger partial charge on any atom is 0.0449 e. The molecule has 13 heavy (non-hydrogen) atoms. The van der Waals surface area contributed by atoms with Crippen LogP contribution < -0.4 is 5.73 Å². The molecule has 4 heteroatoms. The Bertz CT molecular complexity index is 271. The lowest BCUT2D eigenvalue weighted by Gasteiger charge is -2.11. The van der Waals surface area contributed by atoms with Crippen molar-refractivity contribution in [2.24, 2.45) is 5.73 Å². The monoisotopic (exact) mass is 403 g/mol. The van der Waals surface area contributed by atoms with E-state index in [2.05, 4.69) is 63.4 Å². The van der Waals surface area contributed by atoms with Gasteiger partial charge in [0, 0.05) is 19.8 Å². The summed E-state index contributed by atoms with van der Waals surface area (Å²) in [5.74, 6) is 0. The van der Waals surface area contributed by atoms with Gasteiger partial charge in [-0.05, 0) is 75.4 Å². The molecule has 72 valence electrons. The maximum absolute atomic E-state index is 8.75. The van der Waals surface area contributed by atoms with Crippen LogP contribution in [-0.2, 0) is 0 Å². The summed E-state index contributed by atoms with van der Waals surface area (Å²) in [7, 11) is 0. The van der Waals surface area contributed by atoms with Crippen LogP contribution in [0.25, 0.3) is 0 Å². The SMILES string of the molecule is N[C@H](CCO)c1cc(I)cc(I)c1. The summed E-state index contributed by atoms with van der Waals surface area (Å²) in [4.78, 5) is 0. The molecule has 0 aliphatic heterocycles. The minimum atomic E-state index is -0.0479. The summed E-state index contributed by atoms with van der Waals surface area (Å²) in [5, 5.41) is 8.75. The molecule has 0 bridgehead atoms. The molecule has 0 saturated heterocycles. The number of aliphatic hydroxyl groups is 1. The summed E-state index contributed by atoms with van der Waals surface area (Å²) in [5.41, 5.74) is 6.98. The van der Waals surface area contributed by atoms with Crippen molar-refractivity contribution in [2.75, 3.05) is 6.61 Å². The fraction of sp³-hybridized carbons (Fsp3) is 0.333. The predicted octanol–water partition coefficient (Wildman–Crippen LogP) is 2.28. The third-order valence-corrected chi connectivity index (χ3v) is 3.00. The van der Waals surface area contributed by atoms with E-state index in [1.54, 1.807) is 0 Å². The van der Waals surface area contributed by atoms with Gasteiger partial charge in [0.05, 0.1) is 0 Å². The highest BCUT2D eigenvalue weighted by Gasteiger charge is 2.06. The van der Waals surface area contributed by atoms with Crippen LogP contribution in [-0.4, -0.2) is 11.7 Å². The lowest BCUT2D eigenvalue weighted by Crippen LogP contribution is -2.12. The van der Waals surface area contributed by atoms with E-state index in [9.17, 15) is 0 Å². The van der Waals surface area contributed by atoms with Gasteiger partial charge in [-0.2, -0.15) is 0 Å². The Hall–Kier alpha value is 0.600. The van der Waals surface area contributed by atoms with E-state index in [1.165, 1.54) is 7.14 Å². The topological polar surface area (TPSA) is 46.2 Å². The summed E-state index contributed by atoms with van der Waals surface area (Å²) >= 11 is 4.54. The summed E-state index contributed by atoms with van der Waals surface area (Å²) in [6.45, 7) is 0.142. The molecular formula is C9H11I2NO. The highest BCUT2D eigenvalue weighted by Crippen LogP contribution is 2.20. The van der Waals surface area contributed by atoms with Crippen LogP contribution in [0.5, 0.6) is 0 Å². The lowest BCUT2D eigenvalue weighted by molar-refractivity contribution is 0.276. The van der Waals surface area contributed by atoms with Gasteiger partial charge in [0.25, 0.3) is 0 Å². The molecule has 0 unspecified atom stereocenters. The van der Waals surface area contributed by atoms with Crippen LogP contribution in [0.1, 0.15) is 18.0 Å². The molecule has 0 heterocycles. The predicted molar refractivity (Wildman–Crippen MR) is 70.5 cm³/mol. The Balaban J connectivity index is 2.87. The average molecular weight is 403 g/mol. The Morgan fingerprint density at radius 2 is 1.77 bits per heavy atom. The first-order chi connectivity index (χ1) is 6.13. The highest BCUT2D eigenvalue weighted by molar-refractivity contribution is 14.1. The maximum atomic E-state index is 8.75. The zero-order valence-electron chi connectivity index (χ0n) is 7.00. The van der Waals surface area contributed by atoms with Gasteiger partial charge in [0.15, 0.2) is 0 Å². The highest BCUT2D eigenvalue weighted by atomic mass is 127. The van der Waals surface area contributed by atoms with Crippen molar-refractivity contribution in [3.8, 4) is 0 Å². The molecule has 0 aromatic heterocycles. The minimum Gasteiger partial charge on any atom is -0.396 e. The molecule has 0 spiro atoms. The van der Waals surface area contributed by atoms with Gasteiger partial charge in [0.2, 0.25) is 0 Å². The molecule has 1 aromatic carbocycles. The summed E-state index contributed by atoms with van der Waals surface area (Å²) < 4.78 is 2.38. The van der Waals surface area contributed by atoms with Crippen LogP contribution in [0.4, 0.5) is 0 Å². The molecule has 0 aliphatic carbocycles. The van der Waals surface area contributed by atoms with E-state index in [0.29, 0.717) is 6.42 Å². The smallest absolute Gasteiger partial charge is 0.0449 e. The third kappa shape index (κ3) is 3.69. The number of halogens is 2. The van der Waals surface area contributed by atoms with Gasteiger partial charge in [-0.3, -0.25) is 0 Å². The van der Waals surface area contributed by atoms with Crippen LogP contribution in [0.3, 0.4) is 0 Å². The number of nitrogens with two attached hydrogens (primary N) is 1. The van der Waals surface area contributed by atoms with Crippen molar-refractivity contribution >= 4 is 45.2 Å². The fourth-order valence-corrected chi connectivity index (χ4v) is 3.08. The van der Waals surface area contributed by atoms with Crippen molar-refractivity contribution in [3.05, 3.63) is 30.9 Å².